The molecule has 1 aromatic carbocycles. The summed E-state index contributed by atoms with van der Waals surface area (Å²) < 4.78 is 1.83. The highest BCUT2D eigenvalue weighted by molar-refractivity contribution is 5.60. The first kappa shape index (κ1) is 17.7. The third kappa shape index (κ3) is 3.21. The summed E-state index contributed by atoms with van der Waals surface area (Å²) in [4.78, 5) is 22.3. The van der Waals surface area contributed by atoms with Gasteiger partial charge in [-0.25, -0.2) is 4.98 Å². The molecule has 0 unspecified atom stereocenters. The highest BCUT2D eigenvalue weighted by Crippen LogP contribution is 2.29. The highest BCUT2D eigenvalue weighted by Gasteiger charge is 2.27. The molecule has 3 rings (SSSR count). The van der Waals surface area contributed by atoms with E-state index < -0.39 is 0 Å². The van der Waals surface area contributed by atoms with Gasteiger partial charge in [0.25, 0.3) is 5.56 Å². The van der Waals surface area contributed by atoms with Crippen LogP contribution in [0.5, 0.6) is 0 Å². The SMILES string of the molecule is CCCN1CN(c2ccc(C)c(C)c2)c2nc(C)c(CC)c(=O)n2C1. The highest BCUT2D eigenvalue weighted by atomic mass is 16.1. The van der Waals surface area contributed by atoms with Crippen molar-refractivity contribution in [3.8, 4) is 0 Å². The molecule has 0 N–H and O–H groups in total. The molecule has 0 fully saturated rings. The minimum absolute atomic E-state index is 0.0969. The minimum atomic E-state index is 0.0969. The zero-order valence-electron chi connectivity index (χ0n) is 16.0. The number of hydrogen-bond donors (Lipinski definition) is 0. The van der Waals surface area contributed by atoms with Crippen molar-refractivity contribution >= 4 is 11.6 Å². The van der Waals surface area contributed by atoms with Crippen molar-refractivity contribution in [3.63, 3.8) is 0 Å². The number of nitrogens with zero attached hydrogens (tertiary/aromatic N) is 4. The van der Waals surface area contributed by atoms with Crippen molar-refractivity contribution in [2.75, 3.05) is 18.1 Å². The van der Waals surface area contributed by atoms with E-state index in [-0.39, 0.29) is 5.56 Å². The van der Waals surface area contributed by atoms with Crippen LogP contribution in [0.25, 0.3) is 0 Å². The number of hydrogen-bond acceptors (Lipinski definition) is 4. The summed E-state index contributed by atoms with van der Waals surface area (Å²) in [5.74, 6) is 0.760. The molecule has 0 aliphatic carbocycles. The molecule has 2 aromatic rings. The Labute approximate surface area is 149 Å². The first-order chi connectivity index (χ1) is 12.0. The number of aromatic nitrogens is 2. The molecule has 5 heteroatoms. The molecule has 0 bridgehead atoms. The Morgan fingerprint density at radius 3 is 2.48 bits per heavy atom. The Kier molecular flexibility index (Phi) is 4.95. The summed E-state index contributed by atoms with van der Waals surface area (Å²) in [5, 5.41) is 0. The van der Waals surface area contributed by atoms with Crippen LogP contribution in [0, 0.1) is 20.8 Å². The maximum Gasteiger partial charge on any atom is 0.259 e. The lowest BCUT2D eigenvalue weighted by Crippen LogP contribution is -2.48. The van der Waals surface area contributed by atoms with Crippen molar-refractivity contribution in [1.82, 2.24) is 14.5 Å². The lowest BCUT2D eigenvalue weighted by atomic mass is 10.1. The number of anilines is 2. The van der Waals surface area contributed by atoms with Gasteiger partial charge in [0, 0.05) is 23.5 Å². The fourth-order valence-electron chi connectivity index (χ4n) is 3.48. The number of rotatable bonds is 4. The van der Waals surface area contributed by atoms with Gasteiger partial charge in [0.1, 0.15) is 0 Å². The van der Waals surface area contributed by atoms with E-state index in [1.165, 1.54) is 11.1 Å². The normalized spacial score (nSPS) is 14.7. The quantitative estimate of drug-likeness (QED) is 0.854. The van der Waals surface area contributed by atoms with Gasteiger partial charge in [-0.1, -0.05) is 19.9 Å². The molecule has 0 amide bonds. The van der Waals surface area contributed by atoms with Gasteiger partial charge in [0.2, 0.25) is 5.95 Å². The van der Waals surface area contributed by atoms with Crippen LogP contribution in [-0.4, -0.2) is 27.7 Å². The Hall–Kier alpha value is -2.14. The van der Waals surface area contributed by atoms with Gasteiger partial charge >= 0.3 is 0 Å². The Bertz CT molecular complexity index is 840. The van der Waals surface area contributed by atoms with Crippen molar-refractivity contribution in [2.24, 2.45) is 0 Å². The zero-order valence-corrected chi connectivity index (χ0v) is 16.0. The van der Waals surface area contributed by atoms with Crippen LogP contribution in [0.1, 0.15) is 42.7 Å². The van der Waals surface area contributed by atoms with Gasteiger partial charge in [-0.3, -0.25) is 19.2 Å². The predicted octanol–water partition coefficient (Wildman–Crippen LogP) is 3.51. The van der Waals surface area contributed by atoms with E-state index in [1.807, 2.05) is 18.4 Å². The third-order valence-electron chi connectivity index (χ3n) is 5.07. The van der Waals surface area contributed by atoms with Gasteiger partial charge in [0.05, 0.1) is 13.3 Å². The van der Waals surface area contributed by atoms with Crippen molar-refractivity contribution < 1.29 is 0 Å². The van der Waals surface area contributed by atoms with E-state index in [4.69, 9.17) is 4.98 Å². The molecule has 134 valence electrons. The Morgan fingerprint density at radius 2 is 1.84 bits per heavy atom. The second-order valence-electron chi connectivity index (χ2n) is 6.94. The number of benzene rings is 1. The van der Waals surface area contributed by atoms with Crippen LogP contribution >= 0.6 is 0 Å². The Morgan fingerprint density at radius 1 is 1.08 bits per heavy atom. The van der Waals surface area contributed by atoms with Gasteiger partial charge in [-0.05, 0) is 56.9 Å². The summed E-state index contributed by atoms with van der Waals surface area (Å²) in [6.07, 6.45) is 1.78. The lowest BCUT2D eigenvalue weighted by Gasteiger charge is -2.38. The average Bonchev–Trinajstić information content (AvgIpc) is 2.58. The topological polar surface area (TPSA) is 41.4 Å². The van der Waals surface area contributed by atoms with Crippen molar-refractivity contribution in [3.05, 3.63) is 50.9 Å². The van der Waals surface area contributed by atoms with Crippen LogP contribution in [0.4, 0.5) is 11.6 Å². The molecule has 25 heavy (non-hydrogen) atoms. The fourth-order valence-corrected chi connectivity index (χ4v) is 3.48. The summed E-state index contributed by atoms with van der Waals surface area (Å²) >= 11 is 0. The monoisotopic (exact) mass is 340 g/mol. The van der Waals surface area contributed by atoms with Gasteiger partial charge in [0.15, 0.2) is 0 Å². The van der Waals surface area contributed by atoms with E-state index in [0.29, 0.717) is 6.67 Å². The largest absolute Gasteiger partial charge is 0.298 e. The first-order valence-electron chi connectivity index (χ1n) is 9.13. The minimum Gasteiger partial charge on any atom is -0.298 e. The van der Waals surface area contributed by atoms with Crippen LogP contribution in [0.15, 0.2) is 23.0 Å². The van der Waals surface area contributed by atoms with E-state index in [0.717, 1.165) is 48.9 Å². The second-order valence-corrected chi connectivity index (χ2v) is 6.94. The number of aryl methyl sites for hydroxylation is 3. The standard InChI is InChI=1S/C20H28N4O/c1-6-10-22-12-23(17-9-8-14(3)15(4)11-17)20-21-16(5)18(7-2)19(25)24(20)13-22/h8-9,11H,6-7,10,12-13H2,1-5H3. The molecule has 1 aromatic heterocycles. The van der Waals surface area contributed by atoms with Crippen molar-refractivity contribution in [1.29, 1.82) is 0 Å². The zero-order chi connectivity index (χ0) is 18.1. The molecule has 0 spiro atoms. The molecular formula is C20H28N4O. The summed E-state index contributed by atoms with van der Waals surface area (Å²) in [7, 11) is 0. The van der Waals surface area contributed by atoms with Crippen LogP contribution in [0.2, 0.25) is 0 Å². The molecule has 1 aliphatic rings. The van der Waals surface area contributed by atoms with E-state index in [1.54, 1.807) is 0 Å². The van der Waals surface area contributed by atoms with Gasteiger partial charge in [-0.15, -0.1) is 0 Å². The average molecular weight is 340 g/mol. The predicted molar refractivity (Wildman–Crippen MR) is 103 cm³/mol. The molecule has 1 aliphatic heterocycles. The summed E-state index contributed by atoms with van der Waals surface area (Å²) in [6, 6.07) is 6.45. The smallest absolute Gasteiger partial charge is 0.259 e. The molecule has 2 heterocycles. The van der Waals surface area contributed by atoms with Crippen LogP contribution < -0.4 is 10.5 Å². The molecule has 5 nitrogen and oxygen atoms in total. The third-order valence-corrected chi connectivity index (χ3v) is 5.07. The molecular weight excluding hydrogens is 312 g/mol. The Balaban J connectivity index is 2.16. The van der Waals surface area contributed by atoms with Crippen molar-refractivity contribution in [2.45, 2.75) is 54.1 Å². The fraction of sp³-hybridized carbons (Fsp3) is 0.500. The maximum absolute atomic E-state index is 13.0. The lowest BCUT2D eigenvalue weighted by molar-refractivity contribution is 0.198. The van der Waals surface area contributed by atoms with E-state index in [9.17, 15) is 4.79 Å². The second kappa shape index (κ2) is 7.00. The van der Waals surface area contributed by atoms with Gasteiger partial charge < -0.3 is 0 Å². The maximum atomic E-state index is 13.0. The van der Waals surface area contributed by atoms with Gasteiger partial charge in [-0.2, -0.15) is 0 Å². The number of fused-ring (bicyclic) bond motifs is 1. The molecule has 0 saturated heterocycles. The summed E-state index contributed by atoms with van der Waals surface area (Å²) in [5.41, 5.74) is 5.38. The van der Waals surface area contributed by atoms with E-state index in [2.05, 4.69) is 48.8 Å². The van der Waals surface area contributed by atoms with Crippen LogP contribution in [-0.2, 0) is 13.1 Å². The van der Waals surface area contributed by atoms with Crippen LogP contribution in [0.3, 0.4) is 0 Å². The molecule has 0 atom stereocenters. The summed E-state index contributed by atoms with van der Waals surface area (Å²) in [6.45, 7) is 12.7. The van der Waals surface area contributed by atoms with E-state index >= 15 is 0 Å². The molecule has 0 saturated carbocycles. The first-order valence-corrected chi connectivity index (χ1v) is 9.13. The molecule has 0 radical (unpaired) electrons.